The maximum Gasteiger partial charge on any atom is 0.223 e. The van der Waals surface area contributed by atoms with Gasteiger partial charge < -0.3 is 14.7 Å². The monoisotopic (exact) mass is 445 g/mol. The van der Waals surface area contributed by atoms with Gasteiger partial charge in [-0.2, -0.15) is 5.26 Å². The van der Waals surface area contributed by atoms with Crippen molar-refractivity contribution < 1.29 is 9.59 Å². The van der Waals surface area contributed by atoms with Crippen LogP contribution >= 0.6 is 11.3 Å². The fourth-order valence-electron chi connectivity index (χ4n) is 3.87. The van der Waals surface area contributed by atoms with Crippen LogP contribution in [0, 0.1) is 11.3 Å². The summed E-state index contributed by atoms with van der Waals surface area (Å²) in [6, 6.07) is 17.6. The Bertz CT molecular complexity index is 1210. The van der Waals surface area contributed by atoms with Gasteiger partial charge in [0, 0.05) is 34.0 Å². The lowest BCUT2D eigenvalue weighted by Gasteiger charge is -2.20. The summed E-state index contributed by atoms with van der Waals surface area (Å²) in [5, 5.41) is 10.6. The number of aromatic nitrogens is 1. The van der Waals surface area contributed by atoms with Crippen LogP contribution in [0.5, 0.6) is 0 Å². The minimum atomic E-state index is -0.337. The Labute approximate surface area is 190 Å². The first-order chi connectivity index (χ1) is 15.4. The fraction of sp³-hybridized carbons (Fsp3) is 0.250. The number of para-hydroxylation sites is 3. The van der Waals surface area contributed by atoms with Gasteiger partial charge in [0.25, 0.3) is 0 Å². The number of ketones is 1. The lowest BCUT2D eigenvalue weighted by atomic mass is 10.1. The number of rotatable bonds is 6. The Balaban J connectivity index is 1.42. The molecule has 0 atom stereocenters. The maximum atomic E-state index is 12.9. The molecular weight excluding hydrogens is 422 g/mol. The average Bonchev–Trinajstić information content (AvgIpc) is 3.32. The Morgan fingerprint density at radius 1 is 1.03 bits per heavy atom. The Morgan fingerprint density at radius 2 is 1.66 bits per heavy atom. The van der Waals surface area contributed by atoms with Gasteiger partial charge in [-0.05, 0) is 24.3 Å². The standard InChI is InChI=1S/C24H23N5O2S/c1-27(15-22-26-17-8-4-7-11-21(17)32-22)23(31)13-12-20(30)16(14-25)24-28(2)18-9-5-6-10-19(18)29(24)3/h4-11H,12-13,15H2,1-3H3. The molecule has 2 heterocycles. The highest BCUT2D eigenvalue weighted by Gasteiger charge is 2.31. The normalized spacial score (nSPS) is 12.6. The van der Waals surface area contributed by atoms with Gasteiger partial charge in [-0.1, -0.05) is 24.3 Å². The third-order valence-electron chi connectivity index (χ3n) is 5.56. The predicted molar refractivity (Wildman–Crippen MR) is 126 cm³/mol. The average molecular weight is 446 g/mol. The van der Waals surface area contributed by atoms with Crippen LogP contribution in [-0.4, -0.2) is 42.7 Å². The molecule has 0 saturated carbocycles. The van der Waals surface area contributed by atoms with E-state index >= 15 is 0 Å². The van der Waals surface area contributed by atoms with E-state index in [0.717, 1.165) is 26.6 Å². The van der Waals surface area contributed by atoms with Crippen molar-refractivity contribution in [2.75, 3.05) is 30.9 Å². The quantitative estimate of drug-likeness (QED) is 0.423. The molecule has 162 valence electrons. The van der Waals surface area contributed by atoms with Gasteiger partial charge in [0.05, 0.1) is 28.1 Å². The number of carbonyl (C=O) groups is 2. The van der Waals surface area contributed by atoms with E-state index in [2.05, 4.69) is 11.1 Å². The molecule has 0 N–H and O–H groups in total. The zero-order chi connectivity index (χ0) is 22.8. The van der Waals surface area contributed by atoms with E-state index in [1.807, 2.05) is 72.4 Å². The molecule has 7 nitrogen and oxygen atoms in total. The number of hydrogen-bond donors (Lipinski definition) is 0. The summed E-state index contributed by atoms with van der Waals surface area (Å²) in [4.78, 5) is 35.3. The summed E-state index contributed by atoms with van der Waals surface area (Å²) >= 11 is 1.55. The Morgan fingerprint density at radius 3 is 2.28 bits per heavy atom. The van der Waals surface area contributed by atoms with Crippen LogP contribution in [0.25, 0.3) is 10.2 Å². The van der Waals surface area contributed by atoms with Crippen LogP contribution in [0.15, 0.2) is 59.9 Å². The number of hydrogen-bond acceptors (Lipinski definition) is 7. The van der Waals surface area contributed by atoms with Crippen LogP contribution in [-0.2, 0) is 16.1 Å². The molecule has 1 aliphatic rings. The van der Waals surface area contributed by atoms with Gasteiger partial charge in [0.1, 0.15) is 22.5 Å². The first-order valence-corrected chi connectivity index (χ1v) is 11.0. The lowest BCUT2D eigenvalue weighted by molar-refractivity contribution is -0.132. The largest absolute Gasteiger partial charge is 0.339 e. The van der Waals surface area contributed by atoms with Crippen molar-refractivity contribution in [1.29, 1.82) is 5.26 Å². The molecule has 1 aliphatic heterocycles. The molecule has 0 unspecified atom stereocenters. The molecule has 2 aromatic carbocycles. The summed E-state index contributed by atoms with van der Waals surface area (Å²) in [7, 11) is 5.37. The van der Waals surface area contributed by atoms with Crippen LogP contribution < -0.4 is 9.80 Å². The number of anilines is 2. The SMILES string of the molecule is CN(Cc1nc2ccccc2s1)C(=O)CCC(=O)C(C#N)=C1N(C)c2ccccc2N1C. The summed E-state index contributed by atoms with van der Waals surface area (Å²) in [6.07, 6.45) is 0.0203. The number of amides is 1. The molecule has 1 aromatic heterocycles. The molecule has 32 heavy (non-hydrogen) atoms. The van der Waals surface area contributed by atoms with Gasteiger partial charge >= 0.3 is 0 Å². The van der Waals surface area contributed by atoms with E-state index in [1.165, 1.54) is 0 Å². The van der Waals surface area contributed by atoms with Crippen LogP contribution in [0.3, 0.4) is 0 Å². The molecule has 0 saturated heterocycles. The first kappa shape index (κ1) is 21.5. The van der Waals surface area contributed by atoms with E-state index in [9.17, 15) is 14.9 Å². The van der Waals surface area contributed by atoms with Crippen molar-refractivity contribution >= 4 is 44.6 Å². The van der Waals surface area contributed by atoms with Crippen molar-refractivity contribution in [1.82, 2.24) is 9.88 Å². The summed E-state index contributed by atoms with van der Waals surface area (Å²) in [5.41, 5.74) is 2.84. The second-order valence-corrected chi connectivity index (χ2v) is 8.78. The van der Waals surface area contributed by atoms with Crippen LogP contribution in [0.1, 0.15) is 17.8 Å². The van der Waals surface area contributed by atoms with Crippen molar-refractivity contribution in [3.8, 4) is 6.07 Å². The third kappa shape index (κ3) is 3.95. The number of fused-ring (bicyclic) bond motifs is 2. The number of thiazole rings is 1. The molecule has 0 bridgehead atoms. The Kier molecular flexibility index (Phi) is 5.93. The van der Waals surface area contributed by atoms with E-state index in [-0.39, 0.29) is 30.1 Å². The second-order valence-electron chi connectivity index (χ2n) is 7.67. The third-order valence-corrected chi connectivity index (χ3v) is 6.58. The molecule has 4 rings (SSSR count). The zero-order valence-corrected chi connectivity index (χ0v) is 19.0. The number of carbonyl (C=O) groups excluding carboxylic acids is 2. The highest BCUT2D eigenvalue weighted by atomic mass is 32.1. The summed E-state index contributed by atoms with van der Waals surface area (Å²) in [6.45, 7) is 0.388. The van der Waals surface area contributed by atoms with Crippen LogP contribution in [0.4, 0.5) is 11.4 Å². The minimum absolute atomic E-state index is 0.0204. The maximum absolute atomic E-state index is 12.9. The lowest BCUT2D eigenvalue weighted by Crippen LogP contribution is -2.28. The van der Waals surface area contributed by atoms with E-state index in [0.29, 0.717) is 12.4 Å². The molecule has 0 spiro atoms. The molecule has 3 aromatic rings. The predicted octanol–water partition coefficient (Wildman–Crippen LogP) is 3.93. The molecule has 8 heteroatoms. The smallest absolute Gasteiger partial charge is 0.223 e. The van der Waals surface area contributed by atoms with E-state index in [1.54, 1.807) is 23.3 Å². The van der Waals surface area contributed by atoms with Crippen molar-refractivity contribution in [3.63, 3.8) is 0 Å². The van der Waals surface area contributed by atoms with Crippen molar-refractivity contribution in [3.05, 3.63) is 64.9 Å². The van der Waals surface area contributed by atoms with Crippen molar-refractivity contribution in [2.45, 2.75) is 19.4 Å². The molecular formula is C24H23N5O2S. The first-order valence-electron chi connectivity index (χ1n) is 10.2. The van der Waals surface area contributed by atoms with Gasteiger partial charge in [0.15, 0.2) is 5.78 Å². The van der Waals surface area contributed by atoms with Gasteiger partial charge in [-0.15, -0.1) is 11.3 Å². The molecule has 0 radical (unpaired) electrons. The van der Waals surface area contributed by atoms with Crippen molar-refractivity contribution in [2.24, 2.45) is 0 Å². The van der Waals surface area contributed by atoms with Gasteiger partial charge in [-0.25, -0.2) is 4.98 Å². The molecule has 1 amide bonds. The Hall–Kier alpha value is -3.70. The fourth-order valence-corrected chi connectivity index (χ4v) is 4.89. The molecule has 0 fully saturated rings. The van der Waals surface area contributed by atoms with Gasteiger partial charge in [0.2, 0.25) is 5.91 Å². The van der Waals surface area contributed by atoms with Gasteiger partial charge in [-0.3, -0.25) is 9.59 Å². The number of allylic oxidation sites excluding steroid dienone is 1. The number of Topliss-reactive ketones (excluding diaryl/α,β-unsaturated/α-hetero) is 1. The number of benzene rings is 2. The topological polar surface area (TPSA) is 80.5 Å². The number of nitriles is 1. The van der Waals surface area contributed by atoms with E-state index in [4.69, 9.17) is 0 Å². The van der Waals surface area contributed by atoms with Crippen LogP contribution in [0.2, 0.25) is 0 Å². The summed E-state index contributed by atoms with van der Waals surface area (Å²) in [5.74, 6) is 0.0426. The number of nitrogens with zero attached hydrogens (tertiary/aromatic N) is 5. The summed E-state index contributed by atoms with van der Waals surface area (Å²) < 4.78 is 1.08. The van der Waals surface area contributed by atoms with E-state index < -0.39 is 0 Å². The highest BCUT2D eigenvalue weighted by molar-refractivity contribution is 7.18. The molecule has 0 aliphatic carbocycles. The highest BCUT2D eigenvalue weighted by Crippen LogP contribution is 2.40. The zero-order valence-electron chi connectivity index (χ0n) is 18.2. The minimum Gasteiger partial charge on any atom is -0.339 e. The second kappa shape index (κ2) is 8.81.